The monoisotopic (exact) mass is 353 g/mol. The standard InChI is InChI=1S/C11H13BrFNO4S/c1-2-6-14(7-10(15)16)19(17,18)9-5-3-4-8(12)11(9)13/h3-5H,2,6-7H2,1H3,(H,15,16). The van der Waals surface area contributed by atoms with Gasteiger partial charge in [-0.05, 0) is 34.5 Å². The van der Waals surface area contributed by atoms with E-state index in [0.717, 1.165) is 10.4 Å². The third kappa shape index (κ3) is 3.74. The molecule has 0 radical (unpaired) electrons. The van der Waals surface area contributed by atoms with Gasteiger partial charge in [0.05, 0.1) is 4.47 Å². The van der Waals surface area contributed by atoms with Crippen molar-refractivity contribution in [2.75, 3.05) is 13.1 Å². The second kappa shape index (κ2) is 6.44. The van der Waals surface area contributed by atoms with Crippen LogP contribution < -0.4 is 0 Å². The van der Waals surface area contributed by atoms with Crippen LogP contribution in [-0.2, 0) is 14.8 Å². The van der Waals surface area contributed by atoms with E-state index in [1.807, 2.05) is 0 Å². The van der Waals surface area contributed by atoms with Crippen molar-refractivity contribution in [3.8, 4) is 0 Å². The number of carboxylic acids is 1. The van der Waals surface area contributed by atoms with E-state index in [9.17, 15) is 17.6 Å². The van der Waals surface area contributed by atoms with E-state index < -0.39 is 33.3 Å². The lowest BCUT2D eigenvalue weighted by atomic mass is 10.3. The maximum atomic E-state index is 13.8. The molecule has 1 aromatic carbocycles. The van der Waals surface area contributed by atoms with Crippen LogP contribution in [0.3, 0.4) is 0 Å². The van der Waals surface area contributed by atoms with Gasteiger partial charge in [-0.2, -0.15) is 4.31 Å². The zero-order chi connectivity index (χ0) is 14.6. The summed E-state index contributed by atoms with van der Waals surface area (Å²) in [4.78, 5) is 10.2. The largest absolute Gasteiger partial charge is 0.480 e. The normalized spacial score (nSPS) is 11.8. The molecule has 1 N–H and O–H groups in total. The SMILES string of the molecule is CCCN(CC(=O)O)S(=O)(=O)c1cccc(Br)c1F. The van der Waals surface area contributed by atoms with E-state index in [4.69, 9.17) is 5.11 Å². The summed E-state index contributed by atoms with van der Waals surface area (Å²) in [6, 6.07) is 3.86. The van der Waals surface area contributed by atoms with Crippen LogP contribution in [0.1, 0.15) is 13.3 Å². The van der Waals surface area contributed by atoms with E-state index in [-0.39, 0.29) is 11.0 Å². The van der Waals surface area contributed by atoms with Crippen LogP contribution in [-0.4, -0.2) is 36.9 Å². The molecule has 0 aliphatic carbocycles. The molecular formula is C11H13BrFNO4S. The number of rotatable bonds is 6. The summed E-state index contributed by atoms with van der Waals surface area (Å²) in [7, 11) is -4.16. The lowest BCUT2D eigenvalue weighted by Gasteiger charge is -2.20. The maximum absolute atomic E-state index is 13.8. The fraction of sp³-hybridized carbons (Fsp3) is 0.364. The highest BCUT2D eigenvalue weighted by molar-refractivity contribution is 9.10. The number of carboxylic acid groups (broad SMARTS) is 1. The minimum atomic E-state index is -4.16. The van der Waals surface area contributed by atoms with Crippen molar-refractivity contribution >= 4 is 31.9 Å². The molecule has 1 rings (SSSR count). The van der Waals surface area contributed by atoms with Crippen molar-refractivity contribution in [2.24, 2.45) is 0 Å². The maximum Gasteiger partial charge on any atom is 0.318 e. The molecule has 0 aliphatic heterocycles. The summed E-state index contributed by atoms with van der Waals surface area (Å²) in [5.74, 6) is -2.21. The topological polar surface area (TPSA) is 74.7 Å². The second-order valence-corrected chi connectivity index (χ2v) is 6.54. The molecule has 0 spiro atoms. The van der Waals surface area contributed by atoms with Gasteiger partial charge in [-0.15, -0.1) is 0 Å². The molecular weight excluding hydrogens is 341 g/mol. The molecule has 0 saturated heterocycles. The van der Waals surface area contributed by atoms with Gasteiger partial charge in [-0.25, -0.2) is 12.8 Å². The lowest BCUT2D eigenvalue weighted by molar-refractivity contribution is -0.137. The van der Waals surface area contributed by atoms with Crippen LogP contribution in [0.25, 0.3) is 0 Å². The Hall–Kier alpha value is -0.990. The van der Waals surface area contributed by atoms with E-state index >= 15 is 0 Å². The Balaban J connectivity index is 3.26. The first-order valence-electron chi connectivity index (χ1n) is 5.46. The van der Waals surface area contributed by atoms with Crippen molar-refractivity contribution < 1.29 is 22.7 Å². The van der Waals surface area contributed by atoms with Crippen molar-refractivity contribution in [3.63, 3.8) is 0 Å². The van der Waals surface area contributed by atoms with Gasteiger partial charge in [-0.3, -0.25) is 4.79 Å². The van der Waals surface area contributed by atoms with Crippen molar-refractivity contribution in [1.29, 1.82) is 0 Å². The van der Waals surface area contributed by atoms with E-state index in [1.165, 1.54) is 12.1 Å². The fourth-order valence-electron chi connectivity index (χ4n) is 1.51. The van der Waals surface area contributed by atoms with Crippen molar-refractivity contribution in [1.82, 2.24) is 4.31 Å². The molecule has 0 unspecified atom stereocenters. The summed E-state index contributed by atoms with van der Waals surface area (Å²) in [6.07, 6.45) is 0.433. The third-order valence-electron chi connectivity index (χ3n) is 2.32. The number of sulfonamides is 1. The molecule has 0 aromatic heterocycles. The zero-order valence-electron chi connectivity index (χ0n) is 10.1. The highest BCUT2D eigenvalue weighted by atomic mass is 79.9. The van der Waals surface area contributed by atoms with Gasteiger partial charge in [0.25, 0.3) is 0 Å². The van der Waals surface area contributed by atoms with Gasteiger partial charge in [0.15, 0.2) is 5.82 Å². The van der Waals surface area contributed by atoms with E-state index in [1.54, 1.807) is 6.92 Å². The minimum absolute atomic E-state index is 0.0142. The van der Waals surface area contributed by atoms with Gasteiger partial charge in [-0.1, -0.05) is 13.0 Å². The Bertz CT molecular complexity index is 576. The summed E-state index contributed by atoms with van der Waals surface area (Å²) in [5.41, 5.74) is 0. The molecule has 1 aromatic rings. The molecule has 0 fully saturated rings. The number of nitrogens with zero attached hydrogens (tertiary/aromatic N) is 1. The van der Waals surface area contributed by atoms with E-state index in [0.29, 0.717) is 6.42 Å². The molecule has 0 atom stereocenters. The first-order chi connectivity index (χ1) is 8.80. The Morgan fingerprint density at radius 2 is 2.11 bits per heavy atom. The predicted molar refractivity (Wildman–Crippen MR) is 70.8 cm³/mol. The van der Waals surface area contributed by atoms with Crippen LogP contribution in [0.2, 0.25) is 0 Å². The highest BCUT2D eigenvalue weighted by Crippen LogP contribution is 2.25. The van der Waals surface area contributed by atoms with Crippen LogP contribution in [0.15, 0.2) is 27.6 Å². The average molecular weight is 354 g/mol. The number of carbonyl (C=O) groups is 1. The predicted octanol–water partition coefficient (Wildman–Crippen LogP) is 2.07. The zero-order valence-corrected chi connectivity index (χ0v) is 12.5. The number of halogens is 2. The van der Waals surface area contributed by atoms with Crippen LogP contribution in [0.5, 0.6) is 0 Å². The molecule has 0 bridgehead atoms. The fourth-order valence-corrected chi connectivity index (χ4v) is 3.57. The molecule has 5 nitrogen and oxygen atoms in total. The van der Waals surface area contributed by atoms with Crippen molar-refractivity contribution in [2.45, 2.75) is 18.2 Å². The minimum Gasteiger partial charge on any atom is -0.480 e. The Kier molecular flexibility index (Phi) is 5.45. The van der Waals surface area contributed by atoms with E-state index in [2.05, 4.69) is 15.9 Å². The highest BCUT2D eigenvalue weighted by Gasteiger charge is 2.29. The lowest BCUT2D eigenvalue weighted by Crippen LogP contribution is -2.36. The molecule has 0 aliphatic rings. The van der Waals surface area contributed by atoms with Gasteiger partial charge in [0.1, 0.15) is 11.4 Å². The average Bonchev–Trinajstić information content (AvgIpc) is 2.31. The van der Waals surface area contributed by atoms with Gasteiger partial charge < -0.3 is 5.11 Å². The Labute approximate surface area is 119 Å². The molecule has 0 amide bonds. The van der Waals surface area contributed by atoms with Crippen molar-refractivity contribution in [3.05, 3.63) is 28.5 Å². The van der Waals surface area contributed by atoms with Gasteiger partial charge >= 0.3 is 5.97 Å². The summed E-state index contributed by atoms with van der Waals surface area (Å²) in [5, 5.41) is 8.74. The molecule has 0 heterocycles. The number of benzene rings is 1. The third-order valence-corrected chi connectivity index (χ3v) is 4.79. The molecule has 8 heteroatoms. The molecule has 106 valence electrons. The summed E-state index contributed by atoms with van der Waals surface area (Å²) < 4.78 is 39.1. The summed E-state index contributed by atoms with van der Waals surface area (Å²) >= 11 is 2.90. The van der Waals surface area contributed by atoms with Gasteiger partial charge in [0.2, 0.25) is 10.0 Å². The number of hydrogen-bond acceptors (Lipinski definition) is 3. The summed E-state index contributed by atoms with van der Waals surface area (Å²) in [6.45, 7) is 1.03. The molecule has 0 saturated carbocycles. The van der Waals surface area contributed by atoms with Crippen LogP contribution in [0.4, 0.5) is 4.39 Å². The number of hydrogen-bond donors (Lipinski definition) is 1. The second-order valence-electron chi connectivity index (χ2n) is 3.78. The van der Waals surface area contributed by atoms with Gasteiger partial charge in [0, 0.05) is 6.54 Å². The molecule has 19 heavy (non-hydrogen) atoms. The number of aliphatic carboxylic acids is 1. The Morgan fingerprint density at radius 3 is 2.63 bits per heavy atom. The Morgan fingerprint density at radius 1 is 1.47 bits per heavy atom. The van der Waals surface area contributed by atoms with Crippen LogP contribution >= 0.6 is 15.9 Å². The first kappa shape index (κ1) is 16.1. The van der Waals surface area contributed by atoms with Crippen LogP contribution in [0, 0.1) is 5.82 Å². The first-order valence-corrected chi connectivity index (χ1v) is 7.70. The smallest absolute Gasteiger partial charge is 0.318 e. The quantitative estimate of drug-likeness (QED) is 0.849.